The Balaban J connectivity index is 2.32. The maximum atomic E-state index is 11.9. The summed E-state index contributed by atoms with van der Waals surface area (Å²) in [5.74, 6) is 0.387. The number of ketones is 1. The third-order valence-corrected chi connectivity index (χ3v) is 4.59. The van der Waals surface area contributed by atoms with Crippen LogP contribution in [-0.4, -0.2) is 18.5 Å². The van der Waals surface area contributed by atoms with Gasteiger partial charge < -0.3 is 4.74 Å². The number of rotatable bonds is 1. The fourth-order valence-electron chi connectivity index (χ4n) is 3.53. The molecule has 86 valence electrons. The van der Waals surface area contributed by atoms with Crippen LogP contribution < -0.4 is 0 Å². The van der Waals surface area contributed by atoms with E-state index in [-0.39, 0.29) is 16.9 Å². The first kappa shape index (κ1) is 11.1. The minimum atomic E-state index is -0.269. The highest BCUT2D eigenvalue weighted by Gasteiger charge is 2.54. The summed E-state index contributed by atoms with van der Waals surface area (Å²) in [6.07, 6.45) is 5.50. The summed E-state index contributed by atoms with van der Waals surface area (Å²) >= 11 is 0. The second kappa shape index (κ2) is 3.58. The Morgan fingerprint density at radius 2 is 2.13 bits per heavy atom. The largest absolute Gasteiger partial charge is 0.377 e. The molecular formula is C13H22O2. The van der Waals surface area contributed by atoms with Crippen molar-refractivity contribution in [3.05, 3.63) is 0 Å². The van der Waals surface area contributed by atoms with Crippen molar-refractivity contribution in [3.63, 3.8) is 0 Å². The van der Waals surface area contributed by atoms with Crippen molar-refractivity contribution in [1.82, 2.24) is 0 Å². The van der Waals surface area contributed by atoms with Gasteiger partial charge in [0.25, 0.3) is 0 Å². The minimum Gasteiger partial charge on any atom is -0.377 e. The topological polar surface area (TPSA) is 26.3 Å². The van der Waals surface area contributed by atoms with E-state index >= 15 is 0 Å². The monoisotopic (exact) mass is 210 g/mol. The number of hydrogen-bond donors (Lipinski definition) is 0. The summed E-state index contributed by atoms with van der Waals surface area (Å²) in [5.41, 5.74) is 0.0182. The van der Waals surface area contributed by atoms with E-state index in [1.54, 1.807) is 0 Å². The molecule has 2 heteroatoms. The molecule has 1 saturated carbocycles. The summed E-state index contributed by atoms with van der Waals surface area (Å²) in [7, 11) is 0. The van der Waals surface area contributed by atoms with Gasteiger partial charge in [0.1, 0.15) is 5.78 Å². The van der Waals surface area contributed by atoms with E-state index < -0.39 is 0 Å². The molecule has 1 aliphatic carbocycles. The van der Waals surface area contributed by atoms with Gasteiger partial charge in [-0.2, -0.15) is 0 Å². The lowest BCUT2D eigenvalue weighted by Gasteiger charge is -2.53. The van der Waals surface area contributed by atoms with Crippen molar-refractivity contribution < 1.29 is 9.53 Å². The summed E-state index contributed by atoms with van der Waals surface area (Å²) in [6, 6.07) is 0. The molecule has 15 heavy (non-hydrogen) atoms. The molecule has 2 atom stereocenters. The van der Waals surface area contributed by atoms with Gasteiger partial charge in [-0.3, -0.25) is 4.79 Å². The van der Waals surface area contributed by atoms with E-state index in [1.165, 1.54) is 6.42 Å². The highest BCUT2D eigenvalue weighted by atomic mass is 16.5. The van der Waals surface area contributed by atoms with Gasteiger partial charge in [-0.15, -0.1) is 0 Å². The number of Topliss-reactive ketones (excluding diaryl/α,β-unsaturated/α-hetero) is 1. The zero-order valence-corrected chi connectivity index (χ0v) is 10.1. The maximum Gasteiger partial charge on any atom is 0.141 e. The minimum absolute atomic E-state index is 0.157. The predicted molar refractivity (Wildman–Crippen MR) is 59.7 cm³/mol. The first-order valence-electron chi connectivity index (χ1n) is 6.18. The first-order chi connectivity index (χ1) is 7.03. The maximum absolute atomic E-state index is 11.9. The Morgan fingerprint density at radius 1 is 1.40 bits per heavy atom. The zero-order valence-electron chi connectivity index (χ0n) is 10.1. The van der Waals surface area contributed by atoms with Crippen LogP contribution in [0.25, 0.3) is 0 Å². The van der Waals surface area contributed by atoms with Gasteiger partial charge in [-0.25, -0.2) is 0 Å². The van der Waals surface area contributed by atoms with E-state index in [1.807, 2.05) is 0 Å². The Morgan fingerprint density at radius 3 is 2.80 bits per heavy atom. The third kappa shape index (κ3) is 1.54. The van der Waals surface area contributed by atoms with Crippen molar-refractivity contribution >= 4 is 5.78 Å². The molecule has 0 bridgehead atoms. The van der Waals surface area contributed by atoms with Crippen molar-refractivity contribution in [2.24, 2.45) is 10.8 Å². The van der Waals surface area contributed by atoms with E-state index in [9.17, 15) is 4.79 Å². The predicted octanol–water partition coefficient (Wildman–Crippen LogP) is 2.95. The number of fused-ring (bicyclic) bond motifs is 1. The summed E-state index contributed by atoms with van der Waals surface area (Å²) < 4.78 is 5.94. The molecule has 0 radical (unpaired) electrons. The van der Waals surface area contributed by atoms with Gasteiger partial charge in [0.05, 0.1) is 11.5 Å². The molecule has 0 aromatic rings. The third-order valence-electron chi connectivity index (χ3n) is 4.59. The fourth-order valence-corrected chi connectivity index (χ4v) is 3.53. The Labute approximate surface area is 92.4 Å². The Bertz CT molecular complexity index is 270. The fraction of sp³-hybridized carbons (Fsp3) is 0.923. The zero-order chi connectivity index (χ0) is 11.1. The normalized spacial score (nSPS) is 39.9. The van der Waals surface area contributed by atoms with Crippen LogP contribution in [0.5, 0.6) is 0 Å². The highest BCUT2D eigenvalue weighted by molar-refractivity contribution is 5.85. The van der Waals surface area contributed by atoms with Crippen LogP contribution in [0.15, 0.2) is 0 Å². The molecule has 1 unspecified atom stereocenters. The lowest BCUT2D eigenvalue weighted by Crippen LogP contribution is -2.56. The smallest absolute Gasteiger partial charge is 0.141 e. The van der Waals surface area contributed by atoms with Crippen LogP contribution in [0.4, 0.5) is 0 Å². The van der Waals surface area contributed by atoms with Gasteiger partial charge in [0.2, 0.25) is 0 Å². The lowest BCUT2D eigenvalue weighted by molar-refractivity contribution is -0.177. The summed E-state index contributed by atoms with van der Waals surface area (Å²) in [5, 5.41) is 0. The van der Waals surface area contributed by atoms with Crippen LogP contribution in [-0.2, 0) is 9.53 Å². The molecule has 1 aliphatic heterocycles. The SMILES string of the molecule is CCC12CCCO[C@H]1C(C)(C)C(=O)CC2. The molecule has 0 aromatic heterocycles. The van der Waals surface area contributed by atoms with Crippen LogP contribution in [0.3, 0.4) is 0 Å². The molecule has 1 heterocycles. The van der Waals surface area contributed by atoms with Gasteiger partial charge in [0, 0.05) is 13.0 Å². The highest BCUT2D eigenvalue weighted by Crippen LogP contribution is 2.52. The molecule has 2 rings (SSSR count). The molecule has 2 nitrogen and oxygen atoms in total. The molecule has 0 spiro atoms. The first-order valence-corrected chi connectivity index (χ1v) is 6.18. The number of hydrogen-bond acceptors (Lipinski definition) is 2. The lowest BCUT2D eigenvalue weighted by atomic mass is 9.57. The van der Waals surface area contributed by atoms with E-state index in [0.717, 1.165) is 32.3 Å². The van der Waals surface area contributed by atoms with Crippen molar-refractivity contribution in [2.75, 3.05) is 6.61 Å². The van der Waals surface area contributed by atoms with Crippen molar-refractivity contribution in [2.45, 2.75) is 59.0 Å². The molecule has 0 aromatic carbocycles. The second-order valence-electron chi connectivity index (χ2n) is 5.72. The van der Waals surface area contributed by atoms with E-state index in [0.29, 0.717) is 5.78 Å². The second-order valence-corrected chi connectivity index (χ2v) is 5.72. The van der Waals surface area contributed by atoms with Crippen LogP contribution >= 0.6 is 0 Å². The van der Waals surface area contributed by atoms with Gasteiger partial charge in [-0.05, 0) is 31.1 Å². The summed E-state index contributed by atoms with van der Waals surface area (Å²) in [4.78, 5) is 11.9. The Kier molecular flexibility index (Phi) is 2.66. The standard InChI is InChI=1S/C13H22O2/c1-4-13-7-5-9-15-11(13)12(2,3)10(14)6-8-13/h11H,4-9H2,1-3H3/t11-,13?/m0/s1. The average molecular weight is 210 g/mol. The number of ether oxygens (including phenoxy) is 1. The Hall–Kier alpha value is -0.370. The number of carbonyl (C=O) groups is 1. The van der Waals surface area contributed by atoms with Gasteiger partial charge in [-0.1, -0.05) is 20.8 Å². The molecule has 2 fully saturated rings. The van der Waals surface area contributed by atoms with Crippen LogP contribution in [0.2, 0.25) is 0 Å². The van der Waals surface area contributed by atoms with Gasteiger partial charge >= 0.3 is 0 Å². The van der Waals surface area contributed by atoms with Crippen LogP contribution in [0.1, 0.15) is 52.9 Å². The molecule has 1 saturated heterocycles. The quantitative estimate of drug-likeness (QED) is 0.665. The molecule has 0 N–H and O–H groups in total. The van der Waals surface area contributed by atoms with E-state index in [2.05, 4.69) is 20.8 Å². The molecule has 0 amide bonds. The summed E-state index contributed by atoms with van der Waals surface area (Å²) in [6.45, 7) is 7.21. The van der Waals surface area contributed by atoms with Gasteiger partial charge in [0.15, 0.2) is 0 Å². The average Bonchev–Trinajstić information content (AvgIpc) is 2.24. The molecule has 2 aliphatic rings. The number of carbonyl (C=O) groups excluding carboxylic acids is 1. The van der Waals surface area contributed by atoms with E-state index in [4.69, 9.17) is 4.74 Å². The van der Waals surface area contributed by atoms with Crippen molar-refractivity contribution in [3.8, 4) is 0 Å². The molecular weight excluding hydrogens is 188 g/mol. The van der Waals surface area contributed by atoms with Crippen molar-refractivity contribution in [1.29, 1.82) is 0 Å². The van der Waals surface area contributed by atoms with Crippen LogP contribution in [0, 0.1) is 10.8 Å².